The van der Waals surface area contributed by atoms with E-state index in [2.05, 4.69) is 12.1 Å². The third-order valence-electron chi connectivity index (χ3n) is 4.78. The third-order valence-corrected chi connectivity index (χ3v) is 4.78. The molecule has 29 heavy (non-hydrogen) atoms. The first-order chi connectivity index (χ1) is 14.0. The molecule has 0 saturated carbocycles. The van der Waals surface area contributed by atoms with Gasteiger partial charge in [0, 0.05) is 26.2 Å². The van der Waals surface area contributed by atoms with E-state index in [1.54, 1.807) is 30.4 Å². The highest BCUT2D eigenvalue weighted by atomic mass is 16.7. The zero-order valence-corrected chi connectivity index (χ0v) is 16.8. The number of nitrogens with zero attached hydrogens (tertiary/aromatic N) is 2. The van der Waals surface area contributed by atoms with E-state index in [9.17, 15) is 9.59 Å². The Morgan fingerprint density at radius 1 is 1.07 bits per heavy atom. The molecule has 2 aromatic carbocycles. The highest BCUT2D eigenvalue weighted by molar-refractivity contribution is 5.92. The van der Waals surface area contributed by atoms with Crippen molar-refractivity contribution in [3.63, 3.8) is 0 Å². The Balaban J connectivity index is 1.67. The van der Waals surface area contributed by atoms with Gasteiger partial charge in [0.1, 0.15) is 0 Å². The van der Waals surface area contributed by atoms with E-state index in [-0.39, 0.29) is 11.7 Å². The molecule has 0 N–H and O–H groups in total. The normalized spacial score (nSPS) is 13.1. The number of amides is 2. The highest BCUT2D eigenvalue weighted by Gasteiger charge is 2.19. The number of rotatable bonds is 5. The minimum Gasteiger partial charge on any atom is -0.493 e. The highest BCUT2D eigenvalue weighted by Crippen LogP contribution is 2.29. The van der Waals surface area contributed by atoms with Gasteiger partial charge in [-0.05, 0) is 41.3 Å². The molecule has 152 valence electrons. The molecule has 1 heterocycles. The standard InChI is InChI=1S/C22H24N2O5/c1-23(28-3)22(26)29-19-10-8-16(14-20(19)27-2)9-11-21(25)24-13-12-17-6-4-5-7-18(17)15-24/h4-11,14H,12-13,15H2,1-3H3/b11-9+. The summed E-state index contributed by atoms with van der Waals surface area (Å²) in [5, 5.41) is 0.961. The summed E-state index contributed by atoms with van der Waals surface area (Å²) in [5.74, 6) is 0.595. The number of hydrogen-bond donors (Lipinski definition) is 0. The first-order valence-corrected chi connectivity index (χ1v) is 9.23. The summed E-state index contributed by atoms with van der Waals surface area (Å²) in [6, 6.07) is 13.2. The lowest BCUT2D eigenvalue weighted by atomic mass is 10.00. The van der Waals surface area contributed by atoms with Crippen LogP contribution in [-0.2, 0) is 22.6 Å². The van der Waals surface area contributed by atoms with Gasteiger partial charge in [-0.3, -0.25) is 9.63 Å². The van der Waals surface area contributed by atoms with Crippen LogP contribution in [0.1, 0.15) is 16.7 Å². The molecule has 2 amide bonds. The third kappa shape index (κ3) is 4.94. The van der Waals surface area contributed by atoms with Crippen molar-refractivity contribution in [3.05, 3.63) is 65.2 Å². The lowest BCUT2D eigenvalue weighted by Gasteiger charge is -2.27. The van der Waals surface area contributed by atoms with Crippen LogP contribution in [0.3, 0.4) is 0 Å². The van der Waals surface area contributed by atoms with Crippen LogP contribution in [0, 0.1) is 0 Å². The maximum absolute atomic E-state index is 12.6. The Labute approximate surface area is 170 Å². The van der Waals surface area contributed by atoms with Crippen molar-refractivity contribution in [1.82, 2.24) is 9.96 Å². The van der Waals surface area contributed by atoms with Crippen LogP contribution in [0.25, 0.3) is 6.08 Å². The fourth-order valence-corrected chi connectivity index (χ4v) is 3.06. The molecule has 0 fully saturated rings. The zero-order valence-electron chi connectivity index (χ0n) is 16.8. The zero-order chi connectivity index (χ0) is 20.8. The van der Waals surface area contributed by atoms with E-state index >= 15 is 0 Å². The van der Waals surface area contributed by atoms with Gasteiger partial charge >= 0.3 is 6.09 Å². The van der Waals surface area contributed by atoms with Gasteiger partial charge in [0.15, 0.2) is 11.5 Å². The number of fused-ring (bicyclic) bond motifs is 1. The average Bonchev–Trinajstić information content (AvgIpc) is 2.77. The Bertz CT molecular complexity index is 925. The number of benzene rings is 2. The molecule has 0 unspecified atom stereocenters. The summed E-state index contributed by atoms with van der Waals surface area (Å²) in [5.41, 5.74) is 3.25. The second kappa shape index (κ2) is 9.25. The lowest BCUT2D eigenvalue weighted by molar-refractivity contribution is -0.126. The van der Waals surface area contributed by atoms with E-state index in [0.29, 0.717) is 18.8 Å². The van der Waals surface area contributed by atoms with Gasteiger partial charge in [0.2, 0.25) is 5.91 Å². The lowest BCUT2D eigenvalue weighted by Crippen LogP contribution is -2.34. The van der Waals surface area contributed by atoms with E-state index in [1.807, 2.05) is 17.0 Å². The van der Waals surface area contributed by atoms with Crippen molar-refractivity contribution in [2.75, 3.05) is 27.8 Å². The van der Waals surface area contributed by atoms with Crippen molar-refractivity contribution in [2.24, 2.45) is 0 Å². The first-order valence-electron chi connectivity index (χ1n) is 9.23. The van der Waals surface area contributed by atoms with E-state index in [0.717, 1.165) is 17.0 Å². The molecule has 0 atom stereocenters. The molecule has 0 radical (unpaired) electrons. The number of hydroxylamine groups is 2. The number of carbonyl (C=O) groups excluding carboxylic acids is 2. The number of ether oxygens (including phenoxy) is 2. The van der Waals surface area contributed by atoms with Crippen molar-refractivity contribution < 1.29 is 23.9 Å². The van der Waals surface area contributed by atoms with Gasteiger partial charge in [0.25, 0.3) is 0 Å². The quantitative estimate of drug-likeness (QED) is 0.573. The van der Waals surface area contributed by atoms with Gasteiger partial charge < -0.3 is 14.4 Å². The molecule has 1 aliphatic heterocycles. The van der Waals surface area contributed by atoms with Crippen molar-refractivity contribution in [2.45, 2.75) is 13.0 Å². The Morgan fingerprint density at radius 2 is 1.83 bits per heavy atom. The molecule has 1 aliphatic rings. The predicted octanol–water partition coefficient (Wildman–Crippen LogP) is 3.29. The smallest absolute Gasteiger partial charge is 0.439 e. The average molecular weight is 396 g/mol. The molecule has 7 heteroatoms. The Morgan fingerprint density at radius 3 is 2.55 bits per heavy atom. The van der Waals surface area contributed by atoms with Crippen LogP contribution < -0.4 is 9.47 Å². The summed E-state index contributed by atoms with van der Waals surface area (Å²) in [6.45, 7) is 1.32. The monoisotopic (exact) mass is 396 g/mol. The minimum atomic E-state index is -0.672. The second-order valence-corrected chi connectivity index (χ2v) is 6.57. The number of hydrogen-bond acceptors (Lipinski definition) is 5. The summed E-state index contributed by atoms with van der Waals surface area (Å²) < 4.78 is 10.5. The topological polar surface area (TPSA) is 68.3 Å². The largest absolute Gasteiger partial charge is 0.493 e. The maximum atomic E-state index is 12.6. The van der Waals surface area contributed by atoms with Gasteiger partial charge in [-0.2, -0.15) is 5.06 Å². The molecule has 0 bridgehead atoms. The van der Waals surface area contributed by atoms with Crippen molar-refractivity contribution in [1.29, 1.82) is 0 Å². The van der Waals surface area contributed by atoms with E-state index < -0.39 is 6.09 Å². The summed E-state index contributed by atoms with van der Waals surface area (Å²) in [7, 11) is 4.29. The van der Waals surface area contributed by atoms with Gasteiger partial charge in [0.05, 0.1) is 14.2 Å². The molecule has 2 aromatic rings. The minimum absolute atomic E-state index is 0.0457. The second-order valence-electron chi connectivity index (χ2n) is 6.57. The van der Waals surface area contributed by atoms with Gasteiger partial charge in [-0.1, -0.05) is 30.3 Å². The summed E-state index contributed by atoms with van der Waals surface area (Å²) >= 11 is 0. The fraction of sp³-hybridized carbons (Fsp3) is 0.273. The van der Waals surface area contributed by atoms with Gasteiger partial charge in [-0.25, -0.2) is 4.79 Å². The molecule has 0 aromatic heterocycles. The molecule has 3 rings (SSSR count). The summed E-state index contributed by atoms with van der Waals surface area (Å²) in [4.78, 5) is 31.0. The first kappa shape index (κ1) is 20.4. The molecule has 7 nitrogen and oxygen atoms in total. The van der Waals surface area contributed by atoms with Gasteiger partial charge in [-0.15, -0.1) is 0 Å². The fourth-order valence-electron chi connectivity index (χ4n) is 3.06. The van der Waals surface area contributed by atoms with Crippen molar-refractivity contribution >= 4 is 18.1 Å². The predicted molar refractivity (Wildman–Crippen MR) is 108 cm³/mol. The van der Waals surface area contributed by atoms with Crippen molar-refractivity contribution in [3.8, 4) is 11.5 Å². The van der Waals surface area contributed by atoms with Crippen LogP contribution in [0.5, 0.6) is 11.5 Å². The van der Waals surface area contributed by atoms with E-state index in [4.69, 9.17) is 14.3 Å². The molecule has 0 aliphatic carbocycles. The molecular formula is C22H24N2O5. The maximum Gasteiger partial charge on any atom is 0.439 e. The molecule has 0 saturated heterocycles. The van der Waals surface area contributed by atoms with Crippen LogP contribution in [0.4, 0.5) is 4.79 Å². The SMILES string of the molecule is COc1cc(/C=C/C(=O)N2CCc3ccccc3C2)ccc1OC(=O)N(C)OC. The Kier molecular flexibility index (Phi) is 6.51. The Hall–Kier alpha value is -3.32. The molecular weight excluding hydrogens is 372 g/mol. The van der Waals surface area contributed by atoms with Crippen LogP contribution in [0.15, 0.2) is 48.5 Å². The number of methoxy groups -OCH3 is 1. The molecule has 0 spiro atoms. The number of carbonyl (C=O) groups is 2. The van der Waals surface area contributed by atoms with Crippen LogP contribution >= 0.6 is 0 Å². The summed E-state index contributed by atoms with van der Waals surface area (Å²) in [6.07, 6.45) is 3.46. The van der Waals surface area contributed by atoms with Crippen LogP contribution in [-0.4, -0.2) is 49.8 Å². The van der Waals surface area contributed by atoms with Crippen LogP contribution in [0.2, 0.25) is 0 Å². The van der Waals surface area contributed by atoms with E-state index in [1.165, 1.54) is 32.4 Å².